The highest BCUT2D eigenvalue weighted by atomic mass is 35.5. The predicted octanol–water partition coefficient (Wildman–Crippen LogP) is 5.05. The zero-order valence-electron chi connectivity index (χ0n) is 16.7. The van der Waals surface area contributed by atoms with E-state index in [0.717, 1.165) is 33.4 Å². The van der Waals surface area contributed by atoms with E-state index in [1.54, 1.807) is 0 Å². The second-order valence-electron chi connectivity index (χ2n) is 8.65. The maximum absolute atomic E-state index is 13.8. The van der Waals surface area contributed by atoms with Gasteiger partial charge in [-0.25, -0.2) is 4.90 Å². The Morgan fingerprint density at radius 3 is 2.00 bits per heavy atom. The van der Waals surface area contributed by atoms with Crippen LogP contribution < -0.4 is 4.90 Å². The van der Waals surface area contributed by atoms with E-state index in [1.807, 2.05) is 68.4 Å². The minimum atomic E-state index is -1.03. The summed E-state index contributed by atoms with van der Waals surface area (Å²) in [5.41, 5.74) is 6.86. The Hall–Kier alpha value is -2.91. The largest absolute Gasteiger partial charge is 0.274 e. The van der Waals surface area contributed by atoms with Crippen molar-refractivity contribution in [3.05, 3.63) is 100 Å². The molecule has 1 fully saturated rings. The molecule has 3 aromatic rings. The second kappa shape index (κ2) is 5.83. The van der Waals surface area contributed by atoms with E-state index < -0.39 is 16.7 Å². The Morgan fingerprint density at radius 1 is 0.800 bits per heavy atom. The molecule has 2 bridgehead atoms. The third kappa shape index (κ3) is 1.96. The quantitative estimate of drug-likeness (QED) is 0.413. The fourth-order valence-corrected chi connectivity index (χ4v) is 6.37. The molecule has 0 saturated carbocycles. The van der Waals surface area contributed by atoms with Crippen molar-refractivity contribution in [2.75, 3.05) is 4.90 Å². The molecule has 7 rings (SSSR count). The van der Waals surface area contributed by atoms with Gasteiger partial charge in [0.05, 0.1) is 17.5 Å². The van der Waals surface area contributed by atoms with Gasteiger partial charge in [0, 0.05) is 5.92 Å². The third-order valence-corrected chi connectivity index (χ3v) is 7.91. The van der Waals surface area contributed by atoms with Crippen LogP contribution in [-0.2, 0) is 14.5 Å². The van der Waals surface area contributed by atoms with Gasteiger partial charge in [-0.05, 0) is 59.4 Å². The van der Waals surface area contributed by atoms with Crippen LogP contribution >= 0.6 is 11.6 Å². The Bertz CT molecular complexity index is 1220. The van der Waals surface area contributed by atoms with Crippen LogP contribution in [0.5, 0.6) is 0 Å². The molecule has 148 valence electrons. The number of aryl methyl sites for hydroxylation is 2. The van der Waals surface area contributed by atoms with Gasteiger partial charge in [-0.2, -0.15) is 0 Å². The third-order valence-electron chi connectivity index (χ3n) is 7.26. The Kier molecular flexibility index (Phi) is 3.48. The molecule has 1 saturated heterocycles. The first-order chi connectivity index (χ1) is 14.4. The van der Waals surface area contributed by atoms with Gasteiger partial charge >= 0.3 is 0 Å². The summed E-state index contributed by atoms with van der Waals surface area (Å²) in [7, 11) is 0. The first kappa shape index (κ1) is 17.9. The Morgan fingerprint density at radius 2 is 1.40 bits per heavy atom. The highest BCUT2D eigenvalue weighted by Crippen LogP contribution is 2.65. The van der Waals surface area contributed by atoms with Crippen LogP contribution in [-0.4, -0.2) is 11.8 Å². The maximum Gasteiger partial charge on any atom is 0.240 e. The molecular weight excluding hydrogens is 394 g/mol. The molecule has 3 aliphatic carbocycles. The van der Waals surface area contributed by atoms with E-state index in [0.29, 0.717) is 5.69 Å². The van der Waals surface area contributed by atoms with Crippen LogP contribution in [0.4, 0.5) is 5.69 Å². The lowest BCUT2D eigenvalue weighted by molar-refractivity contribution is -0.122. The van der Waals surface area contributed by atoms with Crippen LogP contribution in [0.15, 0.2) is 66.7 Å². The van der Waals surface area contributed by atoms with E-state index in [2.05, 4.69) is 12.1 Å². The van der Waals surface area contributed by atoms with Gasteiger partial charge in [0.15, 0.2) is 0 Å². The minimum Gasteiger partial charge on any atom is -0.274 e. The predicted molar refractivity (Wildman–Crippen MR) is 117 cm³/mol. The van der Waals surface area contributed by atoms with Crippen LogP contribution in [0.1, 0.15) is 39.3 Å². The van der Waals surface area contributed by atoms with Crippen molar-refractivity contribution in [3.8, 4) is 0 Å². The molecule has 0 spiro atoms. The maximum atomic E-state index is 13.8. The number of amides is 2. The topological polar surface area (TPSA) is 37.4 Å². The summed E-state index contributed by atoms with van der Waals surface area (Å²) in [6.07, 6.45) is 0. The molecule has 0 aromatic heterocycles. The number of halogens is 1. The summed E-state index contributed by atoms with van der Waals surface area (Å²) < 4.78 is 0. The van der Waals surface area contributed by atoms with Crippen molar-refractivity contribution in [1.29, 1.82) is 0 Å². The molecule has 4 heteroatoms. The number of carbonyl (C=O) groups is 2. The van der Waals surface area contributed by atoms with Crippen LogP contribution in [0.3, 0.4) is 0 Å². The molecule has 30 heavy (non-hydrogen) atoms. The van der Waals surface area contributed by atoms with Crippen molar-refractivity contribution >= 4 is 29.1 Å². The lowest BCUT2D eigenvalue weighted by Crippen LogP contribution is -2.50. The average molecular weight is 414 g/mol. The van der Waals surface area contributed by atoms with Gasteiger partial charge in [0.1, 0.15) is 4.87 Å². The van der Waals surface area contributed by atoms with Gasteiger partial charge < -0.3 is 0 Å². The lowest BCUT2D eigenvalue weighted by atomic mass is 9.54. The molecule has 3 aromatic carbocycles. The van der Waals surface area contributed by atoms with Crippen molar-refractivity contribution < 1.29 is 9.59 Å². The van der Waals surface area contributed by atoms with Crippen molar-refractivity contribution in [1.82, 2.24) is 0 Å². The molecule has 1 aliphatic heterocycles. The summed E-state index contributed by atoms with van der Waals surface area (Å²) in [5, 5.41) is 0. The number of hydrogen-bond acceptors (Lipinski definition) is 2. The summed E-state index contributed by atoms with van der Waals surface area (Å²) >= 11 is 7.43. The highest BCUT2D eigenvalue weighted by molar-refractivity contribution is 6.33. The minimum absolute atomic E-state index is 0.146. The normalized spacial score (nSPS) is 28.4. The molecule has 0 N–H and O–H groups in total. The number of benzene rings is 3. The number of imide groups is 1. The van der Waals surface area contributed by atoms with Crippen LogP contribution in [0.2, 0.25) is 0 Å². The molecular formula is C26H20ClNO2. The van der Waals surface area contributed by atoms with Crippen molar-refractivity contribution in [2.45, 2.75) is 24.6 Å². The molecule has 0 unspecified atom stereocenters. The molecule has 2 amide bonds. The monoisotopic (exact) mass is 413 g/mol. The van der Waals surface area contributed by atoms with Gasteiger partial charge in [0.25, 0.3) is 0 Å². The molecule has 1 heterocycles. The highest BCUT2D eigenvalue weighted by Gasteiger charge is 2.67. The standard InChI is InChI=1S/C26H20ClNO2/c1-14-11-12-16(13-15(14)2)28-24(29)22-21-17-7-3-5-9-19(17)26(27,23(22)25(28)30)20-10-6-4-8-18(20)21/h3-13,21-23H,1-2H3/t21?,22-,23-,26?/m0/s1. The first-order valence-corrected chi connectivity index (χ1v) is 10.6. The van der Waals surface area contributed by atoms with Gasteiger partial charge in [-0.3, -0.25) is 9.59 Å². The smallest absolute Gasteiger partial charge is 0.240 e. The van der Waals surface area contributed by atoms with Crippen LogP contribution in [0, 0.1) is 25.7 Å². The number of alkyl halides is 1. The van der Waals surface area contributed by atoms with Crippen molar-refractivity contribution in [2.24, 2.45) is 11.8 Å². The average Bonchev–Trinajstić information content (AvgIpc) is 3.02. The Balaban J connectivity index is 1.60. The van der Waals surface area contributed by atoms with Gasteiger partial charge in [-0.1, -0.05) is 54.6 Å². The molecule has 4 aliphatic rings. The van der Waals surface area contributed by atoms with Gasteiger partial charge in [0.2, 0.25) is 11.8 Å². The van der Waals surface area contributed by atoms with E-state index in [4.69, 9.17) is 11.6 Å². The molecule has 2 atom stereocenters. The lowest BCUT2D eigenvalue weighted by Gasteiger charge is -2.50. The zero-order chi connectivity index (χ0) is 20.8. The fraction of sp³-hybridized carbons (Fsp3) is 0.231. The number of hydrogen-bond donors (Lipinski definition) is 0. The summed E-state index contributed by atoms with van der Waals surface area (Å²) in [5.74, 6) is -1.59. The van der Waals surface area contributed by atoms with Crippen molar-refractivity contribution in [3.63, 3.8) is 0 Å². The summed E-state index contributed by atoms with van der Waals surface area (Å²) in [6.45, 7) is 4.02. The number of nitrogens with zero attached hydrogens (tertiary/aromatic N) is 1. The Labute approximate surface area is 180 Å². The van der Waals surface area contributed by atoms with E-state index >= 15 is 0 Å². The number of rotatable bonds is 1. The first-order valence-electron chi connectivity index (χ1n) is 10.3. The zero-order valence-corrected chi connectivity index (χ0v) is 17.5. The summed E-state index contributed by atoms with van der Waals surface area (Å²) in [6, 6.07) is 21.8. The van der Waals surface area contributed by atoms with E-state index in [9.17, 15) is 9.59 Å². The molecule has 3 nitrogen and oxygen atoms in total. The van der Waals surface area contributed by atoms with Crippen LogP contribution in [0.25, 0.3) is 0 Å². The van der Waals surface area contributed by atoms with E-state index in [-0.39, 0.29) is 17.7 Å². The fourth-order valence-electron chi connectivity index (χ4n) is 5.80. The van der Waals surface area contributed by atoms with E-state index in [1.165, 1.54) is 4.90 Å². The molecule has 0 radical (unpaired) electrons. The summed E-state index contributed by atoms with van der Waals surface area (Å²) in [4.78, 5) is 27.9. The number of anilines is 1. The number of carbonyl (C=O) groups excluding carboxylic acids is 2. The second-order valence-corrected chi connectivity index (χ2v) is 9.24. The van der Waals surface area contributed by atoms with Gasteiger partial charge in [-0.15, -0.1) is 11.6 Å². The SMILES string of the molecule is Cc1ccc(N2C(=O)[C@@H]3[C@@H](C2=O)C2c4ccccc4C3(Cl)c3ccccc32)cc1C.